The van der Waals surface area contributed by atoms with E-state index in [0.717, 1.165) is 60.7 Å². The van der Waals surface area contributed by atoms with Gasteiger partial charge in [0, 0.05) is 27.1 Å². The summed E-state index contributed by atoms with van der Waals surface area (Å²) in [5, 5.41) is 4.67. The van der Waals surface area contributed by atoms with E-state index >= 15 is 0 Å². The Labute approximate surface area is 339 Å². The van der Waals surface area contributed by atoms with Crippen molar-refractivity contribution in [2.75, 3.05) is 0 Å². The van der Waals surface area contributed by atoms with Gasteiger partial charge in [0.05, 0.1) is 22.1 Å². The van der Waals surface area contributed by atoms with Crippen molar-refractivity contribution in [1.29, 1.82) is 0 Å². The molecule has 0 aliphatic heterocycles. The van der Waals surface area contributed by atoms with Crippen LogP contribution < -0.4 is 0 Å². The summed E-state index contributed by atoms with van der Waals surface area (Å²) in [6.07, 6.45) is 0. The van der Waals surface area contributed by atoms with Crippen molar-refractivity contribution in [3.8, 4) is 45.5 Å². The minimum absolute atomic E-state index is 0.0452. The Kier molecular flexibility index (Phi) is 8.20. The summed E-state index contributed by atoms with van der Waals surface area (Å²) in [5.74, 6) is 1.74. The zero-order valence-electron chi connectivity index (χ0n) is 33.8. The largest absolute Gasteiger partial charge is 0.278 e. The van der Waals surface area contributed by atoms with Crippen molar-refractivity contribution < 1.29 is 0 Å². The molecule has 0 fully saturated rings. The lowest BCUT2D eigenvalue weighted by Crippen LogP contribution is -2.18. The molecule has 0 atom stereocenters. The third kappa shape index (κ3) is 5.80. The van der Waals surface area contributed by atoms with E-state index in [9.17, 15) is 0 Å². The highest BCUT2D eigenvalue weighted by Crippen LogP contribution is 2.43. The predicted octanol–water partition coefficient (Wildman–Crippen LogP) is 13.7. The molecule has 5 heteroatoms. The van der Waals surface area contributed by atoms with Gasteiger partial charge in [-0.05, 0) is 68.5 Å². The van der Waals surface area contributed by atoms with Gasteiger partial charge in [0.15, 0.2) is 5.82 Å². The highest BCUT2D eigenvalue weighted by Gasteiger charge is 2.29. The molecule has 7 aromatic carbocycles. The van der Waals surface area contributed by atoms with Gasteiger partial charge in [-0.15, -0.1) is 0 Å². The maximum absolute atomic E-state index is 5.61. The van der Waals surface area contributed by atoms with Crippen LogP contribution in [-0.4, -0.2) is 24.1 Å². The predicted molar refractivity (Wildman–Crippen MR) is 242 cm³/mol. The van der Waals surface area contributed by atoms with E-state index in [4.69, 9.17) is 15.0 Å². The van der Waals surface area contributed by atoms with Crippen LogP contribution in [0, 0.1) is 0 Å². The Morgan fingerprint density at radius 3 is 1.34 bits per heavy atom. The molecule has 5 nitrogen and oxygen atoms in total. The number of aromatic nitrogens is 5. The molecular formula is C53H45N5. The second-order valence-electron chi connectivity index (χ2n) is 17.4. The topological polar surface area (TPSA) is 48.5 Å². The molecule has 0 aliphatic carbocycles. The van der Waals surface area contributed by atoms with Crippen LogP contribution in [0.1, 0.15) is 52.7 Å². The van der Waals surface area contributed by atoms with Gasteiger partial charge in [-0.25, -0.2) is 0 Å². The molecule has 0 aliphatic rings. The minimum Gasteiger partial charge on any atom is -0.278 e. The van der Waals surface area contributed by atoms with Gasteiger partial charge in [0.25, 0.3) is 0 Å². The first-order valence-corrected chi connectivity index (χ1v) is 20.1. The number of hydrogen-bond donors (Lipinski definition) is 0. The molecule has 0 spiro atoms. The molecule has 0 N–H and O–H groups in total. The number of para-hydroxylation sites is 3. The maximum Gasteiger partial charge on any atom is 0.240 e. The lowest BCUT2D eigenvalue weighted by Gasteiger charge is -2.27. The van der Waals surface area contributed by atoms with Gasteiger partial charge >= 0.3 is 0 Å². The van der Waals surface area contributed by atoms with Gasteiger partial charge in [-0.3, -0.25) is 9.13 Å². The molecule has 0 amide bonds. The van der Waals surface area contributed by atoms with Gasteiger partial charge in [0.2, 0.25) is 11.9 Å². The SMILES string of the molecule is CC(C)(C)c1cc(C(C)(C)C)c2c(c1)c1ccccc1n2-c1nc(-c2c(-c3ccccc3)cccc2-c2ccccc2)nc(-n2c3ccccc3c3ccccc32)n1. The zero-order chi connectivity index (χ0) is 39.8. The van der Waals surface area contributed by atoms with E-state index in [1.807, 2.05) is 0 Å². The third-order valence-electron chi connectivity index (χ3n) is 11.5. The fourth-order valence-corrected chi connectivity index (χ4v) is 8.62. The number of fused-ring (bicyclic) bond motifs is 6. The molecule has 3 aromatic heterocycles. The molecular weight excluding hydrogens is 707 g/mol. The summed E-state index contributed by atoms with van der Waals surface area (Å²) < 4.78 is 4.51. The first kappa shape index (κ1) is 35.6. The first-order valence-electron chi connectivity index (χ1n) is 20.1. The Hall–Kier alpha value is -6.85. The summed E-state index contributed by atoms with van der Waals surface area (Å²) >= 11 is 0. The average molecular weight is 752 g/mol. The van der Waals surface area contributed by atoms with Crippen LogP contribution in [0.4, 0.5) is 0 Å². The lowest BCUT2D eigenvalue weighted by atomic mass is 9.79. The van der Waals surface area contributed by atoms with E-state index in [0.29, 0.717) is 17.7 Å². The summed E-state index contributed by atoms with van der Waals surface area (Å²) in [6.45, 7) is 13.8. The second kappa shape index (κ2) is 13.4. The van der Waals surface area contributed by atoms with E-state index in [-0.39, 0.29) is 10.8 Å². The van der Waals surface area contributed by atoms with Crippen molar-refractivity contribution in [3.63, 3.8) is 0 Å². The van der Waals surface area contributed by atoms with E-state index in [1.165, 1.54) is 21.9 Å². The van der Waals surface area contributed by atoms with Crippen molar-refractivity contribution in [2.45, 2.75) is 52.4 Å². The van der Waals surface area contributed by atoms with Crippen LogP contribution in [-0.2, 0) is 10.8 Å². The Morgan fingerprint density at radius 2 is 0.845 bits per heavy atom. The second-order valence-corrected chi connectivity index (χ2v) is 17.4. The molecule has 0 unspecified atom stereocenters. The molecule has 0 saturated heterocycles. The molecule has 3 heterocycles. The molecule has 0 bridgehead atoms. The summed E-state index contributed by atoms with van der Waals surface area (Å²) in [6, 6.07) is 58.2. The highest BCUT2D eigenvalue weighted by molar-refractivity contribution is 6.11. The van der Waals surface area contributed by atoms with E-state index in [1.54, 1.807) is 0 Å². The number of nitrogens with zero attached hydrogens (tertiary/aromatic N) is 5. The molecule has 0 radical (unpaired) electrons. The van der Waals surface area contributed by atoms with E-state index in [2.05, 4.69) is 214 Å². The third-order valence-corrected chi connectivity index (χ3v) is 11.5. The fraction of sp³-hybridized carbons (Fsp3) is 0.151. The molecule has 58 heavy (non-hydrogen) atoms. The van der Waals surface area contributed by atoms with Gasteiger partial charge < -0.3 is 0 Å². The van der Waals surface area contributed by atoms with Crippen LogP contribution in [0.25, 0.3) is 89.2 Å². The minimum atomic E-state index is -0.183. The van der Waals surface area contributed by atoms with Crippen LogP contribution in [0.2, 0.25) is 0 Å². The van der Waals surface area contributed by atoms with Gasteiger partial charge in [-0.2, -0.15) is 15.0 Å². The first-order chi connectivity index (χ1) is 28.1. The standard InChI is InChI=1S/C53H45N5/c1-52(2,3)36-32-42-41-26-15-18-31-46(41)58(48(42)43(33-36)53(4,5)6)51-55-49(54-50(56-51)57-44-29-16-13-24-39(44)40-25-14-17-30-45(40)57)47-37(34-20-9-7-10-21-34)27-19-28-38(47)35-22-11-8-12-23-35/h7-33H,1-6H3. The van der Waals surface area contributed by atoms with Crippen molar-refractivity contribution in [3.05, 3.63) is 175 Å². The normalized spacial score (nSPS) is 12.3. The van der Waals surface area contributed by atoms with Crippen LogP contribution in [0.3, 0.4) is 0 Å². The van der Waals surface area contributed by atoms with Crippen LogP contribution in [0.15, 0.2) is 164 Å². The summed E-state index contributed by atoms with van der Waals surface area (Å²) in [5.41, 5.74) is 11.8. The van der Waals surface area contributed by atoms with Crippen molar-refractivity contribution >= 4 is 43.6 Å². The Balaban J connectivity index is 1.39. The van der Waals surface area contributed by atoms with Crippen molar-refractivity contribution in [1.82, 2.24) is 24.1 Å². The monoisotopic (exact) mass is 751 g/mol. The Bertz CT molecular complexity index is 3060. The fourth-order valence-electron chi connectivity index (χ4n) is 8.62. The number of benzene rings is 7. The molecule has 10 rings (SSSR count). The molecule has 282 valence electrons. The number of hydrogen-bond acceptors (Lipinski definition) is 3. The van der Waals surface area contributed by atoms with Gasteiger partial charge in [0.1, 0.15) is 0 Å². The summed E-state index contributed by atoms with van der Waals surface area (Å²) in [7, 11) is 0. The smallest absolute Gasteiger partial charge is 0.240 e. The average Bonchev–Trinajstić information content (AvgIpc) is 3.76. The quantitative estimate of drug-likeness (QED) is 0.176. The molecule has 10 aromatic rings. The molecule has 0 saturated carbocycles. The maximum atomic E-state index is 5.61. The van der Waals surface area contributed by atoms with Crippen LogP contribution >= 0.6 is 0 Å². The highest BCUT2D eigenvalue weighted by atomic mass is 15.3. The van der Waals surface area contributed by atoms with Crippen LogP contribution in [0.5, 0.6) is 0 Å². The Morgan fingerprint density at radius 1 is 0.397 bits per heavy atom. The van der Waals surface area contributed by atoms with Gasteiger partial charge in [-0.1, -0.05) is 181 Å². The zero-order valence-corrected chi connectivity index (χ0v) is 33.8. The number of rotatable bonds is 5. The lowest BCUT2D eigenvalue weighted by molar-refractivity contribution is 0.572. The van der Waals surface area contributed by atoms with Crippen molar-refractivity contribution in [2.24, 2.45) is 0 Å². The summed E-state index contributed by atoms with van der Waals surface area (Å²) in [4.78, 5) is 16.7. The van der Waals surface area contributed by atoms with E-state index < -0.39 is 0 Å².